The Labute approximate surface area is 386 Å². The van der Waals surface area contributed by atoms with Crippen LogP contribution in [0.4, 0.5) is 18.9 Å². The number of amides is 7. The van der Waals surface area contributed by atoms with Crippen LogP contribution in [0, 0.1) is 26.7 Å². The number of benzene rings is 4. The highest BCUT2D eigenvalue weighted by atomic mass is 19.4. The second-order valence-electron chi connectivity index (χ2n) is 16.3. The molecule has 0 bridgehead atoms. The summed E-state index contributed by atoms with van der Waals surface area (Å²) in [6.45, 7) is 7.56. The molecule has 17 nitrogen and oxygen atoms in total. The number of primary amides is 1. The average Bonchev–Trinajstić information content (AvgIpc) is 3.27. The van der Waals surface area contributed by atoms with E-state index in [2.05, 4.69) is 36.0 Å². The van der Waals surface area contributed by atoms with Gasteiger partial charge in [-0.1, -0.05) is 18.2 Å². The Morgan fingerprint density at radius 1 is 0.779 bits per heavy atom. The predicted octanol–water partition coefficient (Wildman–Crippen LogP) is 5.38. The van der Waals surface area contributed by atoms with E-state index in [1.807, 2.05) is 26.0 Å². The lowest BCUT2D eigenvalue weighted by Gasteiger charge is -2.24. The van der Waals surface area contributed by atoms with Crippen molar-refractivity contribution in [1.29, 1.82) is 0 Å². The first-order valence-corrected chi connectivity index (χ1v) is 21.3. The van der Waals surface area contributed by atoms with Gasteiger partial charge in [0.15, 0.2) is 0 Å². The van der Waals surface area contributed by atoms with Crippen molar-refractivity contribution in [3.05, 3.63) is 134 Å². The molecular weight excluding hydrogens is 890 g/mol. The van der Waals surface area contributed by atoms with Gasteiger partial charge in [-0.3, -0.25) is 58.5 Å². The van der Waals surface area contributed by atoms with E-state index in [4.69, 9.17) is 5.73 Å². The molecule has 4 aromatic carbocycles. The fraction of sp³-hybridized carbons (Fsp3) is 0.292. The zero-order valence-electron chi connectivity index (χ0n) is 37.3. The first-order chi connectivity index (χ1) is 32.1. The third-order valence-corrected chi connectivity index (χ3v) is 11.2. The van der Waals surface area contributed by atoms with Crippen LogP contribution in [0.15, 0.2) is 88.6 Å². The van der Waals surface area contributed by atoms with E-state index in [-0.39, 0.29) is 66.1 Å². The number of nitrogens with zero attached hydrogens (tertiary/aromatic N) is 3. The van der Waals surface area contributed by atoms with Crippen LogP contribution in [0.5, 0.6) is 5.75 Å². The van der Waals surface area contributed by atoms with Crippen LogP contribution in [-0.2, 0) is 32.3 Å². The molecule has 0 unspecified atom stereocenters. The van der Waals surface area contributed by atoms with Gasteiger partial charge in [0.1, 0.15) is 17.6 Å². The van der Waals surface area contributed by atoms with Gasteiger partial charge in [0, 0.05) is 48.7 Å². The minimum absolute atomic E-state index is 0.0291. The topological polar surface area (TPSA) is 250 Å². The highest BCUT2D eigenvalue weighted by molar-refractivity contribution is 6.03. The molecule has 354 valence electrons. The standard InChI is InChI=1S/C25H28N4O4.C23H19F3N4O5/c1-14-4-6-18(10-15(14)2)24(32)27-13-17-5-8-21(20(12-17)23(26)31)28-16(3)11-19-7-9-22(30)29-25(19)33;1-12-28-17-7-2-13(10-16(17)22(34)30(12)18-8-9-19(31)29-21(18)33)11-27-20(32)14-3-5-15(6-4-14)35-23(24,25)26/h4-6,8,10,12,19H,7,9,11,13H2,1-3H3,(H2,26,31)(H,27,32)(H,29,30,33);2-7,10,18H,8-9,11H2,1H3,(H,27,32)(H,29,31,33)/t19-;18-/m00/s1. The third-order valence-electron chi connectivity index (χ3n) is 11.2. The number of aromatic nitrogens is 2. The maximum Gasteiger partial charge on any atom is 0.573 e. The number of rotatable bonds is 12. The number of hydrogen-bond acceptors (Lipinski definition) is 11. The van der Waals surface area contributed by atoms with Crippen molar-refractivity contribution in [2.45, 2.75) is 85.3 Å². The first kappa shape index (κ1) is 49.4. The van der Waals surface area contributed by atoms with Crippen LogP contribution in [0.3, 0.4) is 0 Å². The Morgan fingerprint density at radius 2 is 1.38 bits per heavy atom. The number of imide groups is 2. The summed E-state index contributed by atoms with van der Waals surface area (Å²) < 4.78 is 41.9. The van der Waals surface area contributed by atoms with Crippen molar-refractivity contribution < 1.29 is 51.5 Å². The lowest BCUT2D eigenvalue weighted by atomic mass is 9.93. The second kappa shape index (κ2) is 21.1. The second-order valence-corrected chi connectivity index (χ2v) is 16.3. The van der Waals surface area contributed by atoms with E-state index in [0.717, 1.165) is 23.3 Å². The number of nitrogens with one attached hydrogen (secondary N) is 4. The molecule has 2 aliphatic rings. The fourth-order valence-corrected chi connectivity index (χ4v) is 7.55. The van der Waals surface area contributed by atoms with Crippen molar-refractivity contribution in [2.75, 3.05) is 0 Å². The van der Waals surface area contributed by atoms with E-state index < -0.39 is 47.3 Å². The van der Waals surface area contributed by atoms with Crippen molar-refractivity contribution >= 4 is 63.7 Å². The van der Waals surface area contributed by atoms with Crippen LogP contribution >= 0.6 is 0 Å². The van der Waals surface area contributed by atoms with Crippen LogP contribution < -0.4 is 37.3 Å². The zero-order valence-corrected chi connectivity index (χ0v) is 37.3. The van der Waals surface area contributed by atoms with Crippen LogP contribution in [-0.4, -0.2) is 63.0 Å². The van der Waals surface area contributed by atoms with Gasteiger partial charge in [-0.2, -0.15) is 0 Å². The molecule has 0 spiro atoms. The molecule has 0 radical (unpaired) electrons. The molecule has 2 aliphatic heterocycles. The van der Waals surface area contributed by atoms with Crippen molar-refractivity contribution in [3.63, 3.8) is 0 Å². The zero-order chi connectivity index (χ0) is 49.4. The summed E-state index contributed by atoms with van der Waals surface area (Å²) in [5.41, 5.74) is 10.9. The van der Waals surface area contributed by atoms with Crippen molar-refractivity contribution in [2.24, 2.45) is 16.6 Å². The average molecular weight is 937 g/mol. The summed E-state index contributed by atoms with van der Waals surface area (Å²) in [5.74, 6) is -3.35. The minimum Gasteiger partial charge on any atom is -0.406 e. The number of hydrogen-bond donors (Lipinski definition) is 5. The summed E-state index contributed by atoms with van der Waals surface area (Å²) in [5, 5.41) is 10.3. The Hall–Kier alpha value is -8.03. The van der Waals surface area contributed by atoms with Crippen LogP contribution in [0.2, 0.25) is 0 Å². The largest absolute Gasteiger partial charge is 0.573 e. The van der Waals surface area contributed by atoms with Gasteiger partial charge < -0.3 is 21.1 Å². The quantitative estimate of drug-likeness (QED) is 0.0789. The Balaban J connectivity index is 0.000000224. The van der Waals surface area contributed by atoms with Gasteiger partial charge in [0.25, 0.3) is 23.3 Å². The summed E-state index contributed by atoms with van der Waals surface area (Å²) >= 11 is 0. The van der Waals surface area contributed by atoms with E-state index in [0.29, 0.717) is 58.7 Å². The lowest BCUT2D eigenvalue weighted by molar-refractivity contribution is -0.274. The molecule has 0 aliphatic carbocycles. The molecule has 7 amide bonds. The molecule has 7 rings (SSSR count). The Bertz CT molecular complexity index is 2930. The number of alkyl halides is 3. The van der Waals surface area contributed by atoms with Gasteiger partial charge in [0.2, 0.25) is 23.6 Å². The number of ether oxygens (including phenoxy) is 1. The van der Waals surface area contributed by atoms with Gasteiger partial charge in [-0.25, -0.2) is 4.98 Å². The first-order valence-electron chi connectivity index (χ1n) is 21.3. The highest BCUT2D eigenvalue weighted by Crippen LogP contribution is 2.26. The van der Waals surface area contributed by atoms with Crippen LogP contribution in [0.1, 0.15) is 104 Å². The summed E-state index contributed by atoms with van der Waals surface area (Å²) in [4.78, 5) is 106. The molecule has 68 heavy (non-hydrogen) atoms. The maximum atomic E-state index is 13.2. The summed E-state index contributed by atoms with van der Waals surface area (Å²) in [6, 6.07) is 19.0. The van der Waals surface area contributed by atoms with E-state index in [9.17, 15) is 51.5 Å². The smallest absolute Gasteiger partial charge is 0.406 e. The molecule has 6 N–H and O–H groups in total. The van der Waals surface area contributed by atoms with Crippen molar-refractivity contribution in [3.8, 4) is 5.75 Å². The molecule has 2 saturated heterocycles. The van der Waals surface area contributed by atoms with E-state index >= 15 is 0 Å². The number of carbonyl (C=O) groups excluding carboxylic acids is 7. The molecule has 3 heterocycles. The molecule has 20 heteroatoms. The van der Waals surface area contributed by atoms with Gasteiger partial charge in [0.05, 0.1) is 22.2 Å². The lowest BCUT2D eigenvalue weighted by Crippen LogP contribution is -2.45. The number of halogens is 3. The third kappa shape index (κ3) is 12.6. The molecule has 1 aromatic heterocycles. The normalized spacial score (nSPS) is 16.2. The van der Waals surface area contributed by atoms with Crippen LogP contribution in [0.25, 0.3) is 10.9 Å². The Morgan fingerprint density at radius 3 is 2.00 bits per heavy atom. The molecule has 5 aromatic rings. The van der Waals surface area contributed by atoms with Gasteiger partial charge >= 0.3 is 6.36 Å². The predicted molar refractivity (Wildman–Crippen MR) is 242 cm³/mol. The number of fused-ring (bicyclic) bond motifs is 1. The van der Waals surface area contributed by atoms with Crippen molar-refractivity contribution in [1.82, 2.24) is 30.8 Å². The minimum atomic E-state index is -4.83. The highest BCUT2D eigenvalue weighted by Gasteiger charge is 2.32. The summed E-state index contributed by atoms with van der Waals surface area (Å²) in [6.07, 6.45) is -3.38. The molecule has 2 fully saturated rings. The molecular formula is C48H47F3N8O9. The number of piperidine rings is 2. The van der Waals surface area contributed by atoms with Gasteiger partial charge in [-0.15, -0.1) is 13.2 Å². The Kier molecular flexibility index (Phi) is 15.3. The number of aliphatic imine (C=N–C) groups is 1. The van der Waals surface area contributed by atoms with E-state index in [1.54, 1.807) is 56.3 Å². The fourth-order valence-electron chi connectivity index (χ4n) is 7.55. The number of carbonyl (C=O) groups is 7. The SMILES string of the molecule is CC(C[C@@H]1CCC(=O)NC1=O)=Nc1ccc(CNC(=O)c2ccc(C)c(C)c2)cc1C(N)=O.Cc1nc2ccc(CNC(=O)c3ccc(OC(F)(F)F)cc3)cc2c(=O)n1[C@H]1CCC(=O)NC1=O. The number of aryl methyl sites for hydroxylation is 3. The monoisotopic (exact) mass is 936 g/mol. The number of nitrogens with two attached hydrogens (primary N) is 1. The summed E-state index contributed by atoms with van der Waals surface area (Å²) in [7, 11) is 0. The molecule has 0 saturated carbocycles. The van der Waals surface area contributed by atoms with E-state index in [1.165, 1.54) is 16.7 Å². The maximum absolute atomic E-state index is 13.2. The molecule has 2 atom stereocenters. The van der Waals surface area contributed by atoms with Gasteiger partial charge in [-0.05, 0) is 130 Å².